The third-order valence-corrected chi connectivity index (χ3v) is 5.50. The van der Waals surface area contributed by atoms with Crippen molar-refractivity contribution in [3.63, 3.8) is 0 Å². The summed E-state index contributed by atoms with van der Waals surface area (Å²) in [5.41, 5.74) is -1.27. The number of rotatable bonds is 4. The standard InChI is InChI=1S/C19H8F5I2N3O2/c1-7-10(5-8-4-9(25)6-11(26)18(8)31-3-2-27)19(30)29(28-7)17-15(23)13(21)12(20)14(22)16(17)24/h4-6H,3H2,1H3/b10-5-. The Balaban J connectivity index is 2.12. The van der Waals surface area contributed by atoms with E-state index in [4.69, 9.17) is 10.00 Å². The van der Waals surface area contributed by atoms with Crippen LogP contribution in [0.1, 0.15) is 12.5 Å². The molecule has 0 atom stereocenters. The molecule has 2 aromatic rings. The SMILES string of the molecule is CC1=NN(c2c(F)c(F)c(F)c(F)c2F)C(=O)/C1=C\c1cc(I)cc(I)c1OCC#N. The highest BCUT2D eigenvalue weighted by molar-refractivity contribution is 14.1. The van der Waals surface area contributed by atoms with E-state index in [-0.39, 0.29) is 28.7 Å². The molecule has 1 amide bonds. The molecule has 1 heterocycles. The van der Waals surface area contributed by atoms with Crippen molar-refractivity contribution in [2.75, 3.05) is 11.6 Å². The van der Waals surface area contributed by atoms with E-state index in [1.807, 2.05) is 51.3 Å². The largest absolute Gasteiger partial charge is 0.477 e. The summed E-state index contributed by atoms with van der Waals surface area (Å²) >= 11 is 3.99. The first kappa shape index (κ1) is 23.4. The third-order valence-electron chi connectivity index (χ3n) is 4.08. The van der Waals surface area contributed by atoms with E-state index in [2.05, 4.69) is 5.10 Å². The lowest BCUT2D eigenvalue weighted by atomic mass is 10.1. The summed E-state index contributed by atoms with van der Waals surface area (Å²) in [4.78, 5) is 12.8. The second-order valence-electron chi connectivity index (χ2n) is 6.03. The van der Waals surface area contributed by atoms with Gasteiger partial charge in [0.2, 0.25) is 5.82 Å². The summed E-state index contributed by atoms with van der Waals surface area (Å²) in [5.74, 6) is -11.9. The Morgan fingerprint density at radius 3 is 2.26 bits per heavy atom. The zero-order chi connectivity index (χ0) is 23.0. The van der Waals surface area contributed by atoms with Gasteiger partial charge in [0, 0.05) is 9.13 Å². The van der Waals surface area contributed by atoms with Crippen molar-refractivity contribution in [3.05, 3.63) is 59.5 Å². The fraction of sp³-hybridized carbons (Fsp3) is 0.105. The van der Waals surface area contributed by atoms with Crippen LogP contribution in [0, 0.1) is 47.6 Å². The maximum Gasteiger partial charge on any atom is 0.280 e. The molecular weight excluding hydrogens is 651 g/mol. The number of ether oxygens (including phenoxy) is 1. The molecule has 160 valence electrons. The summed E-state index contributed by atoms with van der Waals surface area (Å²) in [7, 11) is 0. The van der Waals surface area contributed by atoms with Crippen molar-refractivity contribution in [3.8, 4) is 11.8 Å². The van der Waals surface area contributed by atoms with Crippen LogP contribution in [-0.2, 0) is 4.79 Å². The number of benzene rings is 2. The summed E-state index contributed by atoms with van der Waals surface area (Å²) in [6.45, 7) is 1.06. The second-order valence-corrected chi connectivity index (χ2v) is 8.44. The average Bonchev–Trinajstić information content (AvgIpc) is 2.98. The smallest absolute Gasteiger partial charge is 0.280 e. The van der Waals surface area contributed by atoms with Crippen molar-refractivity contribution < 1.29 is 31.5 Å². The van der Waals surface area contributed by atoms with E-state index in [0.717, 1.165) is 3.57 Å². The lowest BCUT2D eigenvalue weighted by molar-refractivity contribution is -0.114. The van der Waals surface area contributed by atoms with Gasteiger partial charge in [-0.05, 0) is 70.3 Å². The zero-order valence-electron chi connectivity index (χ0n) is 15.2. The number of hydrazone groups is 1. The van der Waals surface area contributed by atoms with E-state index >= 15 is 0 Å². The molecule has 0 unspecified atom stereocenters. The first-order valence-corrected chi connectivity index (χ1v) is 10.4. The molecule has 5 nitrogen and oxygen atoms in total. The van der Waals surface area contributed by atoms with Gasteiger partial charge in [-0.25, -0.2) is 22.0 Å². The minimum atomic E-state index is -2.34. The normalized spacial score (nSPS) is 14.8. The molecule has 12 heteroatoms. The Morgan fingerprint density at radius 1 is 1.10 bits per heavy atom. The summed E-state index contributed by atoms with van der Waals surface area (Å²) in [5, 5.41) is 12.6. The first-order valence-electron chi connectivity index (χ1n) is 8.20. The summed E-state index contributed by atoms with van der Waals surface area (Å²) in [6.07, 6.45) is 1.31. The van der Waals surface area contributed by atoms with Crippen molar-refractivity contribution in [2.24, 2.45) is 5.10 Å². The van der Waals surface area contributed by atoms with Crippen LogP contribution in [0.4, 0.5) is 27.6 Å². The number of anilines is 1. The Morgan fingerprint density at radius 2 is 1.68 bits per heavy atom. The van der Waals surface area contributed by atoms with E-state index in [1.165, 1.54) is 13.0 Å². The fourth-order valence-electron chi connectivity index (χ4n) is 2.71. The number of carbonyl (C=O) groups excluding carboxylic acids is 1. The highest BCUT2D eigenvalue weighted by Gasteiger charge is 2.37. The predicted molar refractivity (Wildman–Crippen MR) is 118 cm³/mol. The van der Waals surface area contributed by atoms with Gasteiger partial charge in [0.15, 0.2) is 29.9 Å². The molecule has 0 spiro atoms. The van der Waals surface area contributed by atoms with E-state index in [0.29, 0.717) is 9.13 Å². The number of nitriles is 1. The molecule has 0 saturated heterocycles. The Kier molecular flexibility index (Phi) is 6.84. The summed E-state index contributed by atoms with van der Waals surface area (Å²) < 4.78 is 75.6. The molecule has 2 aromatic carbocycles. The fourth-order valence-corrected chi connectivity index (χ4v) is 4.76. The number of carbonyl (C=O) groups is 1. The monoisotopic (exact) mass is 659 g/mol. The van der Waals surface area contributed by atoms with Crippen LogP contribution >= 0.6 is 45.2 Å². The summed E-state index contributed by atoms with van der Waals surface area (Å²) in [6, 6.07) is 5.21. The van der Waals surface area contributed by atoms with Crippen LogP contribution in [-0.4, -0.2) is 18.2 Å². The molecule has 31 heavy (non-hydrogen) atoms. The molecule has 0 aliphatic carbocycles. The quantitative estimate of drug-likeness (QED) is 0.147. The molecule has 0 radical (unpaired) electrons. The van der Waals surface area contributed by atoms with Crippen LogP contribution in [0.25, 0.3) is 6.08 Å². The maximum atomic E-state index is 14.2. The van der Waals surface area contributed by atoms with Gasteiger partial charge in [-0.1, -0.05) is 0 Å². The molecule has 1 aliphatic rings. The Hall–Kier alpha value is -2.28. The minimum absolute atomic E-state index is 0.0194. The topological polar surface area (TPSA) is 65.7 Å². The lowest BCUT2D eigenvalue weighted by Gasteiger charge is -2.15. The van der Waals surface area contributed by atoms with Crippen molar-refractivity contribution >= 4 is 68.6 Å². The number of hydrogen-bond donors (Lipinski definition) is 0. The van der Waals surface area contributed by atoms with Gasteiger partial charge in [0.05, 0.1) is 14.9 Å². The van der Waals surface area contributed by atoms with Gasteiger partial charge in [-0.15, -0.1) is 0 Å². The first-order chi connectivity index (χ1) is 14.6. The second kappa shape index (κ2) is 9.07. The minimum Gasteiger partial charge on any atom is -0.477 e. The van der Waals surface area contributed by atoms with Crippen molar-refractivity contribution in [1.29, 1.82) is 5.26 Å². The van der Waals surface area contributed by atoms with Crippen LogP contribution in [0.3, 0.4) is 0 Å². The highest BCUT2D eigenvalue weighted by atomic mass is 127. The maximum absolute atomic E-state index is 14.2. The van der Waals surface area contributed by atoms with E-state index < -0.39 is 40.7 Å². The van der Waals surface area contributed by atoms with Gasteiger partial charge in [0.25, 0.3) is 5.91 Å². The number of nitrogens with zero attached hydrogens (tertiary/aromatic N) is 3. The molecule has 1 aliphatic heterocycles. The van der Waals surface area contributed by atoms with E-state index in [9.17, 15) is 26.7 Å². The molecule has 0 aromatic heterocycles. The van der Waals surface area contributed by atoms with Gasteiger partial charge in [-0.2, -0.15) is 15.4 Å². The zero-order valence-corrected chi connectivity index (χ0v) is 19.6. The number of amides is 1. The Bertz CT molecular complexity index is 1200. The van der Waals surface area contributed by atoms with Gasteiger partial charge in [-0.3, -0.25) is 4.79 Å². The molecule has 0 fully saturated rings. The third kappa shape index (κ3) is 4.25. The number of halogens is 7. The predicted octanol–water partition coefficient (Wildman–Crippen LogP) is 5.30. The van der Waals surface area contributed by atoms with Gasteiger partial charge >= 0.3 is 0 Å². The molecular formula is C19H8F5I2N3O2. The molecule has 0 N–H and O–H groups in total. The lowest BCUT2D eigenvalue weighted by Crippen LogP contribution is -2.25. The number of hydrogen-bond acceptors (Lipinski definition) is 4. The highest BCUT2D eigenvalue weighted by Crippen LogP contribution is 2.35. The van der Waals surface area contributed by atoms with Crippen molar-refractivity contribution in [2.45, 2.75) is 6.92 Å². The van der Waals surface area contributed by atoms with Crippen LogP contribution in [0.15, 0.2) is 22.8 Å². The van der Waals surface area contributed by atoms with Gasteiger partial charge < -0.3 is 4.74 Å². The van der Waals surface area contributed by atoms with Crippen LogP contribution in [0.5, 0.6) is 5.75 Å². The molecule has 3 rings (SSSR count). The molecule has 0 saturated carbocycles. The van der Waals surface area contributed by atoms with Gasteiger partial charge in [0.1, 0.15) is 17.5 Å². The molecule has 0 bridgehead atoms. The van der Waals surface area contributed by atoms with E-state index in [1.54, 1.807) is 12.1 Å². The van der Waals surface area contributed by atoms with Crippen LogP contribution < -0.4 is 9.75 Å². The van der Waals surface area contributed by atoms with Crippen molar-refractivity contribution in [1.82, 2.24) is 0 Å². The average molecular weight is 659 g/mol. The van der Waals surface area contributed by atoms with Crippen LogP contribution in [0.2, 0.25) is 0 Å². The Labute approximate surface area is 199 Å².